The molecule has 0 N–H and O–H groups in total. The average molecular weight is 700 g/mol. The highest BCUT2D eigenvalue weighted by Gasteiger charge is 2.39. The minimum Gasteiger partial charge on any atom is -0.309 e. The average Bonchev–Trinajstić information content (AvgIpc) is 3.81. The lowest BCUT2D eigenvalue weighted by Crippen LogP contribution is -2.15. The fourth-order valence-corrected chi connectivity index (χ4v) is 10.3. The largest absolute Gasteiger partial charge is 0.309 e. The molecule has 9 aromatic carbocycles. The summed E-state index contributed by atoms with van der Waals surface area (Å²) >= 11 is 0. The van der Waals surface area contributed by atoms with E-state index in [2.05, 4.69) is 200 Å². The topological polar surface area (TPSA) is 4.93 Å². The van der Waals surface area contributed by atoms with Crippen molar-refractivity contribution in [1.29, 1.82) is 0 Å². The van der Waals surface area contributed by atoms with Crippen LogP contribution < -0.4 is 0 Å². The zero-order valence-corrected chi connectivity index (χ0v) is 30.8. The van der Waals surface area contributed by atoms with Crippen molar-refractivity contribution in [2.45, 2.75) is 25.2 Å². The van der Waals surface area contributed by atoms with Crippen LogP contribution in [0.15, 0.2) is 182 Å². The van der Waals surface area contributed by atoms with Gasteiger partial charge >= 0.3 is 0 Å². The van der Waals surface area contributed by atoms with E-state index in [0.717, 1.165) is 0 Å². The predicted molar refractivity (Wildman–Crippen MR) is 232 cm³/mol. The SMILES string of the molecule is CC1(C)c2ccccc2-c2cc3c(cc21)C(c1cccc2ccccc12)c1ccc(-c2ccc4c(c2)c2ccccc2n4-c2cccc4ccccc24)cc1-3. The van der Waals surface area contributed by atoms with Crippen LogP contribution in [0.4, 0.5) is 0 Å². The molecular weight excluding hydrogens is 663 g/mol. The van der Waals surface area contributed by atoms with E-state index in [-0.39, 0.29) is 11.3 Å². The normalized spacial score (nSPS) is 15.1. The van der Waals surface area contributed by atoms with Crippen LogP contribution >= 0.6 is 0 Å². The maximum Gasteiger partial charge on any atom is 0.0541 e. The lowest BCUT2D eigenvalue weighted by molar-refractivity contribution is 0.659. The number of benzene rings is 9. The Balaban J connectivity index is 1.08. The number of nitrogens with zero attached hydrogens (tertiary/aromatic N) is 1. The second-order valence-corrected chi connectivity index (χ2v) is 16.0. The van der Waals surface area contributed by atoms with Crippen LogP contribution in [-0.2, 0) is 5.41 Å². The summed E-state index contributed by atoms with van der Waals surface area (Å²) in [5, 5.41) is 7.66. The van der Waals surface area contributed by atoms with Crippen molar-refractivity contribution in [3.63, 3.8) is 0 Å². The number of aromatic nitrogens is 1. The van der Waals surface area contributed by atoms with Gasteiger partial charge in [-0.05, 0) is 114 Å². The minimum absolute atomic E-state index is 0.0647. The predicted octanol–water partition coefficient (Wildman–Crippen LogP) is 14.2. The van der Waals surface area contributed by atoms with Crippen LogP contribution in [0.2, 0.25) is 0 Å². The van der Waals surface area contributed by atoms with E-state index >= 15 is 0 Å². The maximum absolute atomic E-state index is 2.56. The molecule has 0 aliphatic heterocycles. The summed E-state index contributed by atoms with van der Waals surface area (Å²) in [6, 6.07) is 68.3. The van der Waals surface area contributed by atoms with Crippen LogP contribution in [0.3, 0.4) is 0 Å². The monoisotopic (exact) mass is 699 g/mol. The molecule has 0 spiro atoms. The summed E-state index contributed by atoms with van der Waals surface area (Å²) in [5.41, 5.74) is 18.5. The zero-order valence-electron chi connectivity index (χ0n) is 30.8. The highest BCUT2D eigenvalue weighted by Crippen LogP contribution is 2.56. The van der Waals surface area contributed by atoms with Crippen molar-refractivity contribution >= 4 is 43.4 Å². The Morgan fingerprint density at radius 3 is 1.89 bits per heavy atom. The smallest absolute Gasteiger partial charge is 0.0541 e. The Bertz CT molecular complexity index is 3230. The van der Waals surface area contributed by atoms with Gasteiger partial charge in [0.1, 0.15) is 0 Å². The summed E-state index contributed by atoms with van der Waals surface area (Å²) in [7, 11) is 0. The standard InChI is InChI=1S/C54H37N/c1-54(2)48-22-9-7-19-39(48)45-31-44-43-29-35(25-27-42(43)53(47(44)32-49(45)54)41-21-11-15-33-13-3-5-17-37(33)41)36-26-28-52-46(30-36)40-20-8-10-23-51(40)55(52)50-24-12-16-34-14-4-6-18-38(34)50/h3-32,53H,1-2H3. The maximum atomic E-state index is 2.56. The van der Waals surface area contributed by atoms with E-state index < -0.39 is 0 Å². The first kappa shape index (κ1) is 30.7. The molecule has 1 heterocycles. The van der Waals surface area contributed by atoms with Crippen molar-refractivity contribution in [3.8, 4) is 39.1 Å². The van der Waals surface area contributed by atoms with Crippen molar-refractivity contribution in [3.05, 3.63) is 210 Å². The quantitative estimate of drug-likeness (QED) is 0.173. The van der Waals surface area contributed by atoms with Gasteiger partial charge in [0.2, 0.25) is 0 Å². The third-order valence-electron chi connectivity index (χ3n) is 12.9. The van der Waals surface area contributed by atoms with Crippen LogP contribution in [0.25, 0.3) is 82.4 Å². The van der Waals surface area contributed by atoms with Gasteiger partial charge in [-0.15, -0.1) is 0 Å². The van der Waals surface area contributed by atoms with E-state index in [1.54, 1.807) is 0 Å². The molecule has 0 saturated carbocycles. The molecule has 10 aromatic rings. The van der Waals surface area contributed by atoms with E-state index in [1.165, 1.54) is 110 Å². The van der Waals surface area contributed by atoms with Gasteiger partial charge in [-0.1, -0.05) is 159 Å². The Kier molecular flexibility index (Phi) is 6.24. The van der Waals surface area contributed by atoms with Gasteiger partial charge in [0.15, 0.2) is 0 Å². The minimum atomic E-state index is -0.0647. The summed E-state index contributed by atoms with van der Waals surface area (Å²) < 4.78 is 2.45. The van der Waals surface area contributed by atoms with Gasteiger partial charge in [0, 0.05) is 27.5 Å². The summed E-state index contributed by atoms with van der Waals surface area (Å²) in [6.07, 6.45) is 0. The zero-order chi connectivity index (χ0) is 36.4. The molecule has 0 radical (unpaired) electrons. The number of hydrogen-bond donors (Lipinski definition) is 0. The van der Waals surface area contributed by atoms with Gasteiger partial charge in [0.05, 0.1) is 16.7 Å². The first-order chi connectivity index (χ1) is 27.0. The van der Waals surface area contributed by atoms with Crippen LogP contribution in [0.1, 0.15) is 47.6 Å². The molecule has 0 fully saturated rings. The molecule has 1 atom stereocenters. The first-order valence-corrected chi connectivity index (χ1v) is 19.5. The third-order valence-corrected chi connectivity index (χ3v) is 12.9. The Morgan fingerprint density at radius 2 is 1.02 bits per heavy atom. The number of fused-ring (bicyclic) bond motifs is 11. The summed E-state index contributed by atoms with van der Waals surface area (Å²) in [4.78, 5) is 0. The Morgan fingerprint density at radius 1 is 0.382 bits per heavy atom. The first-order valence-electron chi connectivity index (χ1n) is 19.5. The summed E-state index contributed by atoms with van der Waals surface area (Å²) in [5.74, 6) is 0.149. The lowest BCUT2D eigenvalue weighted by Gasteiger charge is -2.23. The van der Waals surface area contributed by atoms with Crippen LogP contribution in [0, 0.1) is 0 Å². The number of rotatable bonds is 3. The van der Waals surface area contributed by atoms with Gasteiger partial charge in [-0.2, -0.15) is 0 Å². The van der Waals surface area contributed by atoms with Crippen molar-refractivity contribution in [2.75, 3.05) is 0 Å². The molecule has 0 saturated heterocycles. The molecular formula is C54H37N. The van der Waals surface area contributed by atoms with Gasteiger partial charge in [0.25, 0.3) is 0 Å². The second-order valence-electron chi connectivity index (χ2n) is 16.0. The highest BCUT2D eigenvalue weighted by molar-refractivity contribution is 6.12. The van der Waals surface area contributed by atoms with Crippen LogP contribution in [-0.4, -0.2) is 4.57 Å². The number of para-hydroxylation sites is 1. The molecule has 2 aliphatic carbocycles. The Hall–Kier alpha value is -6.70. The number of hydrogen-bond acceptors (Lipinski definition) is 0. The molecule has 1 aromatic heterocycles. The second kappa shape index (κ2) is 11.2. The molecule has 1 heteroatoms. The van der Waals surface area contributed by atoms with Crippen LogP contribution in [0.5, 0.6) is 0 Å². The van der Waals surface area contributed by atoms with Crippen molar-refractivity contribution < 1.29 is 0 Å². The van der Waals surface area contributed by atoms with Crippen molar-refractivity contribution in [1.82, 2.24) is 4.57 Å². The summed E-state index contributed by atoms with van der Waals surface area (Å²) in [6.45, 7) is 4.79. The molecule has 12 rings (SSSR count). The molecule has 0 amide bonds. The van der Waals surface area contributed by atoms with E-state index in [0.29, 0.717) is 0 Å². The molecule has 1 nitrogen and oxygen atoms in total. The van der Waals surface area contributed by atoms with Gasteiger partial charge < -0.3 is 4.57 Å². The molecule has 1 unspecified atom stereocenters. The fraction of sp³-hybridized carbons (Fsp3) is 0.0741. The van der Waals surface area contributed by atoms with E-state index in [1.807, 2.05) is 0 Å². The van der Waals surface area contributed by atoms with E-state index in [9.17, 15) is 0 Å². The molecule has 2 aliphatic rings. The van der Waals surface area contributed by atoms with Gasteiger partial charge in [-0.25, -0.2) is 0 Å². The molecule has 55 heavy (non-hydrogen) atoms. The molecule has 258 valence electrons. The highest BCUT2D eigenvalue weighted by atomic mass is 15.0. The molecule has 0 bridgehead atoms. The van der Waals surface area contributed by atoms with E-state index in [4.69, 9.17) is 0 Å². The lowest BCUT2D eigenvalue weighted by atomic mass is 9.79. The third kappa shape index (κ3) is 4.24. The fourth-order valence-electron chi connectivity index (χ4n) is 10.3. The van der Waals surface area contributed by atoms with Crippen molar-refractivity contribution in [2.24, 2.45) is 0 Å². The Labute approximate surface area is 320 Å². The van der Waals surface area contributed by atoms with Gasteiger partial charge in [-0.3, -0.25) is 0 Å².